The Morgan fingerprint density at radius 1 is 1.15 bits per heavy atom. The molecule has 106 valence electrons. The number of aromatic nitrogens is 1. The van der Waals surface area contributed by atoms with Gasteiger partial charge in [0.2, 0.25) is 5.88 Å². The van der Waals surface area contributed by atoms with Crippen LogP contribution in [0.1, 0.15) is 11.1 Å². The molecule has 0 spiro atoms. The van der Waals surface area contributed by atoms with E-state index in [1.54, 1.807) is 30.5 Å². The lowest BCUT2D eigenvalue weighted by Gasteiger charge is -2.11. The Labute approximate surface area is 115 Å². The van der Waals surface area contributed by atoms with E-state index < -0.39 is 5.23 Å². The summed E-state index contributed by atoms with van der Waals surface area (Å²) < 4.78 is 18.2. The highest BCUT2D eigenvalue weighted by atomic mass is 19.1. The zero-order chi connectivity index (χ0) is 14.4. The molecule has 0 fully saturated rings. The molecule has 1 heterocycles. The fourth-order valence-corrected chi connectivity index (χ4v) is 1.63. The van der Waals surface area contributed by atoms with Crippen molar-refractivity contribution in [2.24, 2.45) is 0 Å². The van der Waals surface area contributed by atoms with Crippen molar-refractivity contribution in [1.82, 2.24) is 4.98 Å². The van der Waals surface area contributed by atoms with Crippen LogP contribution in [-0.2, 0) is 13.0 Å². The van der Waals surface area contributed by atoms with Gasteiger partial charge in [0.25, 0.3) is 0 Å². The number of halogens is 1. The molecule has 0 bridgehead atoms. The van der Waals surface area contributed by atoms with Gasteiger partial charge < -0.3 is 9.94 Å². The lowest BCUT2D eigenvalue weighted by molar-refractivity contribution is -1.05. The van der Waals surface area contributed by atoms with E-state index in [0.29, 0.717) is 18.9 Å². The quantitative estimate of drug-likeness (QED) is 0.777. The highest BCUT2D eigenvalue weighted by Gasteiger charge is 2.00. The van der Waals surface area contributed by atoms with Gasteiger partial charge in [-0.2, -0.15) is 0 Å². The fraction of sp³-hybridized carbons (Fsp3) is 0.214. The second-order valence-corrected chi connectivity index (χ2v) is 4.31. The Hall–Kier alpha value is -2.02. The number of pyridine rings is 1. The number of rotatable bonds is 6. The minimum Gasteiger partial charge on any atom is -0.600 e. The average molecular weight is 278 g/mol. The summed E-state index contributed by atoms with van der Waals surface area (Å²) in [7, 11) is 0. The highest BCUT2D eigenvalue weighted by Crippen LogP contribution is 2.11. The second kappa shape index (κ2) is 6.95. The summed E-state index contributed by atoms with van der Waals surface area (Å²) in [6.07, 6.45) is 2.05. The molecule has 0 saturated carbocycles. The smallest absolute Gasteiger partial charge is 0.213 e. The maximum Gasteiger partial charge on any atom is 0.213 e. The van der Waals surface area contributed by atoms with Gasteiger partial charge in [-0.15, -0.1) is 0 Å². The lowest BCUT2D eigenvalue weighted by Crippen LogP contribution is -3.04. The molecule has 20 heavy (non-hydrogen) atoms. The van der Waals surface area contributed by atoms with E-state index in [1.807, 2.05) is 0 Å². The van der Waals surface area contributed by atoms with Gasteiger partial charge in [-0.05, 0) is 23.3 Å². The zero-order valence-electron chi connectivity index (χ0n) is 10.8. The van der Waals surface area contributed by atoms with Crippen LogP contribution in [0.3, 0.4) is 0 Å². The molecule has 1 atom stereocenters. The molecule has 1 aromatic heterocycles. The number of hydrogen-bond donors (Lipinski definition) is 2. The molecular weight excluding hydrogens is 263 g/mol. The van der Waals surface area contributed by atoms with Crippen LogP contribution in [-0.4, -0.2) is 16.7 Å². The Morgan fingerprint density at radius 2 is 1.85 bits per heavy atom. The van der Waals surface area contributed by atoms with E-state index >= 15 is 0 Å². The van der Waals surface area contributed by atoms with Crippen LogP contribution in [0.15, 0.2) is 42.6 Å². The summed E-state index contributed by atoms with van der Waals surface area (Å²) in [6, 6.07) is 9.53. The molecule has 0 aliphatic heterocycles. The van der Waals surface area contributed by atoms with Crippen molar-refractivity contribution >= 4 is 0 Å². The molecule has 2 N–H and O–H groups in total. The standard InChI is InChI=1S/C14H15FN2O3/c15-13-4-1-12(2-5-13)10-20-14-6-3-11(9-16-14)7-8-17(18)19/h1-6,9,17-18H,7-8,10H2. The van der Waals surface area contributed by atoms with Crippen LogP contribution in [0.25, 0.3) is 0 Å². The van der Waals surface area contributed by atoms with E-state index in [1.165, 1.54) is 12.1 Å². The van der Waals surface area contributed by atoms with Crippen LogP contribution >= 0.6 is 0 Å². The predicted molar refractivity (Wildman–Crippen MR) is 69.7 cm³/mol. The van der Waals surface area contributed by atoms with Crippen molar-refractivity contribution in [2.75, 3.05) is 6.54 Å². The van der Waals surface area contributed by atoms with Gasteiger partial charge in [-0.25, -0.2) is 19.8 Å². The van der Waals surface area contributed by atoms with E-state index in [9.17, 15) is 9.60 Å². The van der Waals surface area contributed by atoms with Gasteiger partial charge in [-0.3, -0.25) is 0 Å². The van der Waals surface area contributed by atoms with Crippen molar-refractivity contribution < 1.29 is 19.6 Å². The largest absolute Gasteiger partial charge is 0.600 e. The van der Waals surface area contributed by atoms with E-state index in [0.717, 1.165) is 11.1 Å². The number of quaternary nitrogens is 1. The Bertz CT molecular complexity index is 529. The van der Waals surface area contributed by atoms with Crippen molar-refractivity contribution in [1.29, 1.82) is 0 Å². The van der Waals surface area contributed by atoms with Crippen LogP contribution < -0.4 is 9.96 Å². The van der Waals surface area contributed by atoms with Crippen LogP contribution in [0.2, 0.25) is 0 Å². The molecule has 0 aliphatic carbocycles. The van der Waals surface area contributed by atoms with Crippen molar-refractivity contribution in [3.63, 3.8) is 0 Å². The lowest BCUT2D eigenvalue weighted by atomic mass is 10.2. The number of nitrogens with zero attached hydrogens (tertiary/aromatic N) is 1. The Balaban J connectivity index is 1.85. The molecular formula is C14H15FN2O3. The van der Waals surface area contributed by atoms with Gasteiger partial charge in [0, 0.05) is 18.7 Å². The molecule has 1 unspecified atom stereocenters. The monoisotopic (exact) mass is 278 g/mol. The fourth-order valence-electron chi connectivity index (χ4n) is 1.63. The maximum absolute atomic E-state index is 12.7. The normalized spacial score (nSPS) is 12.2. The molecule has 2 rings (SSSR count). The van der Waals surface area contributed by atoms with Crippen molar-refractivity contribution in [3.8, 4) is 5.88 Å². The maximum atomic E-state index is 12.7. The molecule has 6 heteroatoms. The number of benzene rings is 1. The summed E-state index contributed by atoms with van der Waals surface area (Å²) in [6.45, 7) is 0.388. The molecule has 0 saturated heterocycles. The van der Waals surface area contributed by atoms with Gasteiger partial charge in [0.05, 0.1) is 0 Å². The number of hydrogen-bond acceptors (Lipinski definition) is 4. The van der Waals surface area contributed by atoms with Gasteiger partial charge in [0.1, 0.15) is 19.0 Å². The van der Waals surface area contributed by atoms with Crippen LogP contribution in [0.5, 0.6) is 5.88 Å². The number of hydroxylamine groups is 2. The van der Waals surface area contributed by atoms with E-state index in [4.69, 9.17) is 9.94 Å². The molecule has 0 aliphatic rings. The van der Waals surface area contributed by atoms with Gasteiger partial charge in [-0.1, -0.05) is 18.2 Å². The van der Waals surface area contributed by atoms with Crippen molar-refractivity contribution in [2.45, 2.75) is 13.0 Å². The first kappa shape index (κ1) is 14.4. The minimum atomic E-state index is -0.832. The third kappa shape index (κ3) is 4.58. The Morgan fingerprint density at radius 3 is 2.45 bits per heavy atom. The summed E-state index contributed by atoms with van der Waals surface area (Å²) in [5.74, 6) is 0.169. The number of nitrogens with one attached hydrogen (secondary N) is 1. The number of ether oxygens (including phenoxy) is 1. The van der Waals surface area contributed by atoms with Gasteiger partial charge in [0.15, 0.2) is 0 Å². The summed E-state index contributed by atoms with van der Waals surface area (Å²) in [4.78, 5) is 4.10. The zero-order valence-corrected chi connectivity index (χ0v) is 10.8. The second-order valence-electron chi connectivity index (χ2n) is 4.31. The summed E-state index contributed by atoms with van der Waals surface area (Å²) in [5, 5.41) is 18.2. The highest BCUT2D eigenvalue weighted by molar-refractivity contribution is 5.19. The predicted octanol–water partition coefficient (Wildman–Crippen LogP) is 1.11. The minimum absolute atomic E-state index is 0.0808. The summed E-state index contributed by atoms with van der Waals surface area (Å²) in [5.41, 5.74) is 1.70. The molecule has 1 aromatic carbocycles. The SMILES string of the molecule is [O-][NH+](O)CCc1ccc(OCc2ccc(F)cc2)nc1. The molecule has 5 nitrogen and oxygen atoms in total. The topological polar surface area (TPSA) is 69.9 Å². The third-order valence-corrected chi connectivity index (χ3v) is 2.73. The molecule has 2 aromatic rings. The molecule has 0 amide bonds. The first-order valence-corrected chi connectivity index (χ1v) is 6.17. The van der Waals surface area contributed by atoms with Gasteiger partial charge >= 0.3 is 0 Å². The van der Waals surface area contributed by atoms with Crippen LogP contribution in [0, 0.1) is 11.0 Å². The van der Waals surface area contributed by atoms with E-state index in [-0.39, 0.29) is 12.4 Å². The molecule has 0 radical (unpaired) electrons. The first-order valence-electron chi connectivity index (χ1n) is 6.17. The average Bonchev–Trinajstić information content (AvgIpc) is 2.45. The van der Waals surface area contributed by atoms with E-state index in [2.05, 4.69) is 4.98 Å². The summed E-state index contributed by atoms with van der Waals surface area (Å²) >= 11 is 0. The van der Waals surface area contributed by atoms with Crippen LogP contribution in [0.4, 0.5) is 4.39 Å². The first-order chi connectivity index (χ1) is 9.63. The third-order valence-electron chi connectivity index (χ3n) is 2.73. The Kier molecular flexibility index (Phi) is 5.00. The van der Waals surface area contributed by atoms with Crippen molar-refractivity contribution in [3.05, 3.63) is 64.7 Å².